The van der Waals surface area contributed by atoms with Crippen molar-refractivity contribution < 1.29 is 13.2 Å². The smallest absolute Gasteiger partial charge is 0.243 e. The van der Waals surface area contributed by atoms with E-state index in [1.807, 2.05) is 58.0 Å². The maximum Gasteiger partial charge on any atom is 0.243 e. The van der Waals surface area contributed by atoms with Gasteiger partial charge in [-0.1, -0.05) is 30.3 Å². The second-order valence-corrected chi connectivity index (χ2v) is 10.4. The molecule has 1 saturated heterocycles. The summed E-state index contributed by atoms with van der Waals surface area (Å²) in [7, 11) is -3.63. The van der Waals surface area contributed by atoms with Crippen LogP contribution in [0, 0.1) is 26.2 Å². The van der Waals surface area contributed by atoms with Crippen LogP contribution < -0.4 is 5.32 Å². The number of nitrogens with zero attached hydrogens (tertiary/aromatic N) is 1. The molecule has 2 aromatic carbocycles. The highest BCUT2D eigenvalue weighted by Gasteiger charge is 2.41. The monoisotopic (exact) mass is 414 g/mol. The molecule has 1 N–H and O–H groups in total. The summed E-state index contributed by atoms with van der Waals surface area (Å²) in [5, 5.41) is 3.02. The van der Waals surface area contributed by atoms with Gasteiger partial charge in [0.05, 0.1) is 10.3 Å². The average Bonchev–Trinajstić information content (AvgIpc) is 2.66. The van der Waals surface area contributed by atoms with Crippen LogP contribution >= 0.6 is 0 Å². The van der Waals surface area contributed by atoms with Crippen LogP contribution in [0.25, 0.3) is 0 Å². The maximum atomic E-state index is 13.2. The maximum absolute atomic E-state index is 13.2. The minimum absolute atomic E-state index is 0.0962. The topological polar surface area (TPSA) is 66.5 Å². The Bertz CT molecular complexity index is 996. The summed E-state index contributed by atoms with van der Waals surface area (Å²) in [5.41, 5.74) is 3.28. The van der Waals surface area contributed by atoms with Gasteiger partial charge in [-0.15, -0.1) is 0 Å². The molecular formula is C23H30N2O3S. The molecular weight excluding hydrogens is 384 g/mol. The summed E-state index contributed by atoms with van der Waals surface area (Å²) in [5.74, 6) is -0.0962. The molecule has 1 fully saturated rings. The van der Waals surface area contributed by atoms with Crippen molar-refractivity contribution in [2.24, 2.45) is 5.41 Å². The first kappa shape index (κ1) is 21.5. The van der Waals surface area contributed by atoms with Gasteiger partial charge in [0.1, 0.15) is 0 Å². The minimum Gasteiger partial charge on any atom is -0.352 e. The van der Waals surface area contributed by atoms with Crippen molar-refractivity contribution in [2.45, 2.75) is 52.0 Å². The number of nitrogens with one attached hydrogen (secondary N) is 1. The van der Waals surface area contributed by atoms with E-state index in [2.05, 4.69) is 5.32 Å². The van der Waals surface area contributed by atoms with Gasteiger partial charge in [0.25, 0.3) is 0 Å². The van der Waals surface area contributed by atoms with Gasteiger partial charge in [-0.05, 0) is 74.9 Å². The summed E-state index contributed by atoms with van der Waals surface area (Å²) in [6.45, 7) is 8.75. The predicted octanol–water partition coefficient (Wildman–Crippen LogP) is 3.72. The lowest BCUT2D eigenvalue weighted by molar-refractivity contribution is -0.132. The van der Waals surface area contributed by atoms with E-state index in [9.17, 15) is 13.2 Å². The second-order valence-electron chi connectivity index (χ2n) is 8.44. The number of carbonyl (C=O) groups excluding carboxylic acids is 1. The van der Waals surface area contributed by atoms with Gasteiger partial charge in [-0.3, -0.25) is 4.79 Å². The van der Waals surface area contributed by atoms with Crippen LogP contribution in [0.1, 0.15) is 42.0 Å². The lowest BCUT2D eigenvalue weighted by atomic mass is 9.82. The minimum atomic E-state index is -3.63. The standard InChI is InChI=1S/C23H30N2O3S/c1-17-12-18(2)14-21(13-17)29(27,28)25-11-7-10-23(4,16-25)22(26)24-15-20-9-6-5-8-19(20)3/h5-6,8-9,12-14H,7,10-11,15-16H2,1-4H3,(H,24,26)/t23-/m1/s1. The van der Waals surface area contributed by atoms with E-state index >= 15 is 0 Å². The van der Waals surface area contributed by atoms with Crippen molar-refractivity contribution in [2.75, 3.05) is 13.1 Å². The second kappa shape index (κ2) is 8.28. The van der Waals surface area contributed by atoms with Crippen LogP contribution in [-0.4, -0.2) is 31.7 Å². The van der Waals surface area contributed by atoms with Gasteiger partial charge in [-0.2, -0.15) is 4.31 Å². The summed E-state index contributed by atoms with van der Waals surface area (Å²) in [6, 6.07) is 13.3. The lowest BCUT2D eigenvalue weighted by Crippen LogP contribution is -2.51. The van der Waals surface area contributed by atoms with Gasteiger partial charge in [0, 0.05) is 19.6 Å². The van der Waals surface area contributed by atoms with Crippen LogP contribution in [0.2, 0.25) is 0 Å². The molecule has 0 bridgehead atoms. The van der Waals surface area contributed by atoms with Crippen molar-refractivity contribution >= 4 is 15.9 Å². The van der Waals surface area contributed by atoms with Gasteiger partial charge in [-0.25, -0.2) is 8.42 Å². The summed E-state index contributed by atoms with van der Waals surface area (Å²) in [6.07, 6.45) is 1.34. The molecule has 0 saturated carbocycles. The SMILES string of the molecule is Cc1cc(C)cc(S(=O)(=O)N2CCC[C@@](C)(C(=O)NCc3ccccc3C)C2)c1. The molecule has 0 unspecified atom stereocenters. The van der Waals surface area contributed by atoms with E-state index in [1.54, 1.807) is 12.1 Å². The van der Waals surface area contributed by atoms with E-state index in [0.717, 1.165) is 22.3 Å². The highest BCUT2D eigenvalue weighted by Crippen LogP contribution is 2.33. The molecule has 29 heavy (non-hydrogen) atoms. The van der Waals surface area contributed by atoms with E-state index < -0.39 is 15.4 Å². The lowest BCUT2D eigenvalue weighted by Gasteiger charge is -2.38. The quantitative estimate of drug-likeness (QED) is 0.811. The van der Waals surface area contributed by atoms with Crippen molar-refractivity contribution in [3.63, 3.8) is 0 Å². The van der Waals surface area contributed by atoms with Gasteiger partial charge < -0.3 is 5.32 Å². The molecule has 1 heterocycles. The number of aryl methyl sites for hydroxylation is 3. The Morgan fingerprint density at radius 2 is 1.76 bits per heavy atom. The summed E-state index contributed by atoms with van der Waals surface area (Å²) < 4.78 is 27.9. The first-order valence-electron chi connectivity index (χ1n) is 10.0. The Kier molecular flexibility index (Phi) is 6.15. The van der Waals surface area contributed by atoms with Crippen LogP contribution in [-0.2, 0) is 21.4 Å². The fraction of sp³-hybridized carbons (Fsp3) is 0.435. The summed E-state index contributed by atoms with van der Waals surface area (Å²) >= 11 is 0. The largest absolute Gasteiger partial charge is 0.352 e. The Morgan fingerprint density at radius 1 is 1.10 bits per heavy atom. The number of hydrogen-bond acceptors (Lipinski definition) is 3. The number of carbonyl (C=O) groups is 1. The fourth-order valence-electron chi connectivity index (χ4n) is 4.01. The number of benzene rings is 2. The zero-order chi connectivity index (χ0) is 21.2. The van der Waals surface area contributed by atoms with Crippen molar-refractivity contribution in [1.82, 2.24) is 9.62 Å². The highest BCUT2D eigenvalue weighted by molar-refractivity contribution is 7.89. The number of rotatable bonds is 5. The van der Waals surface area contributed by atoms with Crippen molar-refractivity contribution in [3.8, 4) is 0 Å². The van der Waals surface area contributed by atoms with Gasteiger partial charge >= 0.3 is 0 Å². The molecule has 0 aliphatic carbocycles. The third-order valence-corrected chi connectivity index (χ3v) is 7.57. The molecule has 0 spiro atoms. The third kappa shape index (κ3) is 4.70. The molecule has 1 atom stereocenters. The van der Waals surface area contributed by atoms with Gasteiger partial charge in [0.15, 0.2) is 0 Å². The molecule has 3 rings (SSSR count). The first-order valence-corrected chi connectivity index (χ1v) is 11.5. The Labute approximate surface area is 174 Å². The number of piperidine rings is 1. The predicted molar refractivity (Wildman–Crippen MR) is 115 cm³/mol. The molecule has 0 radical (unpaired) electrons. The molecule has 156 valence electrons. The molecule has 1 aliphatic heterocycles. The van der Waals surface area contributed by atoms with Crippen LogP contribution in [0.3, 0.4) is 0 Å². The fourth-order valence-corrected chi connectivity index (χ4v) is 5.80. The Morgan fingerprint density at radius 3 is 2.41 bits per heavy atom. The van der Waals surface area contributed by atoms with Crippen LogP contribution in [0.5, 0.6) is 0 Å². The van der Waals surface area contributed by atoms with E-state index in [0.29, 0.717) is 30.8 Å². The highest BCUT2D eigenvalue weighted by atomic mass is 32.2. The Balaban J connectivity index is 1.76. The zero-order valence-electron chi connectivity index (χ0n) is 17.7. The molecule has 1 aliphatic rings. The molecule has 6 heteroatoms. The first-order chi connectivity index (χ1) is 13.6. The number of hydrogen-bond donors (Lipinski definition) is 1. The van der Waals surface area contributed by atoms with Crippen LogP contribution in [0.4, 0.5) is 0 Å². The van der Waals surface area contributed by atoms with Crippen molar-refractivity contribution in [3.05, 3.63) is 64.7 Å². The van der Waals surface area contributed by atoms with E-state index in [1.165, 1.54) is 4.31 Å². The molecule has 2 aromatic rings. The van der Waals surface area contributed by atoms with E-state index in [4.69, 9.17) is 0 Å². The Hall–Kier alpha value is -2.18. The molecule has 0 aromatic heterocycles. The molecule has 5 nitrogen and oxygen atoms in total. The average molecular weight is 415 g/mol. The van der Waals surface area contributed by atoms with E-state index in [-0.39, 0.29) is 12.5 Å². The van der Waals surface area contributed by atoms with Crippen LogP contribution in [0.15, 0.2) is 47.4 Å². The van der Waals surface area contributed by atoms with Crippen molar-refractivity contribution in [1.29, 1.82) is 0 Å². The normalized spacial score (nSPS) is 20.4. The van der Waals surface area contributed by atoms with Gasteiger partial charge in [0.2, 0.25) is 15.9 Å². The number of amides is 1. The zero-order valence-corrected chi connectivity index (χ0v) is 18.5. The molecule has 1 amide bonds. The number of sulfonamides is 1. The summed E-state index contributed by atoms with van der Waals surface area (Å²) in [4.78, 5) is 13.3. The third-order valence-electron chi connectivity index (χ3n) is 5.74.